The Labute approximate surface area is 127 Å². The number of halogens is 1. The van der Waals surface area contributed by atoms with E-state index in [1.807, 2.05) is 6.07 Å². The molecule has 20 heavy (non-hydrogen) atoms. The molecular formula is C14H20BrNO4. The van der Waals surface area contributed by atoms with Crippen molar-refractivity contribution in [1.29, 1.82) is 0 Å². The van der Waals surface area contributed by atoms with Gasteiger partial charge >= 0.3 is 0 Å². The third kappa shape index (κ3) is 3.09. The van der Waals surface area contributed by atoms with E-state index in [1.165, 1.54) is 5.56 Å². The van der Waals surface area contributed by atoms with Crippen LogP contribution >= 0.6 is 15.9 Å². The summed E-state index contributed by atoms with van der Waals surface area (Å²) in [5.41, 5.74) is 2.38. The van der Waals surface area contributed by atoms with E-state index in [0.717, 1.165) is 35.3 Å². The molecule has 1 heterocycles. The van der Waals surface area contributed by atoms with Crippen molar-refractivity contribution >= 4 is 15.9 Å². The minimum Gasteiger partial charge on any atom is -0.493 e. The predicted octanol–water partition coefficient (Wildman–Crippen LogP) is 1.18. The van der Waals surface area contributed by atoms with E-state index in [-0.39, 0.29) is 6.61 Å². The minimum atomic E-state index is -0.694. The van der Waals surface area contributed by atoms with Crippen molar-refractivity contribution in [1.82, 2.24) is 4.90 Å². The van der Waals surface area contributed by atoms with E-state index >= 15 is 0 Å². The molecule has 0 saturated carbocycles. The van der Waals surface area contributed by atoms with Gasteiger partial charge in [-0.1, -0.05) is 0 Å². The van der Waals surface area contributed by atoms with Gasteiger partial charge in [0.05, 0.1) is 31.4 Å². The molecule has 0 bridgehead atoms. The predicted molar refractivity (Wildman–Crippen MR) is 79.3 cm³/mol. The Bertz CT molecular complexity index is 481. The number of rotatable bonds is 5. The van der Waals surface area contributed by atoms with Crippen LogP contribution < -0.4 is 9.47 Å². The van der Waals surface area contributed by atoms with Gasteiger partial charge in [0.1, 0.15) is 0 Å². The molecule has 2 N–H and O–H groups in total. The third-order valence-corrected chi connectivity index (χ3v) is 4.40. The van der Waals surface area contributed by atoms with Gasteiger partial charge in [0.25, 0.3) is 0 Å². The molecule has 1 unspecified atom stereocenters. The fourth-order valence-corrected chi connectivity index (χ4v) is 3.36. The fraction of sp³-hybridized carbons (Fsp3) is 0.571. The molecule has 1 aliphatic rings. The van der Waals surface area contributed by atoms with E-state index in [2.05, 4.69) is 20.8 Å². The van der Waals surface area contributed by atoms with E-state index in [1.54, 1.807) is 14.2 Å². The first-order valence-corrected chi connectivity index (χ1v) is 7.33. The van der Waals surface area contributed by atoms with Crippen molar-refractivity contribution in [3.8, 4) is 11.5 Å². The lowest BCUT2D eigenvalue weighted by atomic mass is 9.98. The molecule has 5 nitrogen and oxygen atoms in total. The zero-order valence-corrected chi connectivity index (χ0v) is 13.3. The molecule has 0 aliphatic carbocycles. The summed E-state index contributed by atoms with van der Waals surface area (Å²) in [6, 6.07) is 1.98. The average Bonchev–Trinajstić information content (AvgIpc) is 2.46. The number of aliphatic hydroxyl groups is 2. The van der Waals surface area contributed by atoms with E-state index < -0.39 is 6.10 Å². The van der Waals surface area contributed by atoms with Gasteiger partial charge in [0, 0.05) is 19.6 Å². The average molecular weight is 346 g/mol. The number of nitrogens with zero attached hydrogens (tertiary/aromatic N) is 1. The minimum absolute atomic E-state index is 0.209. The van der Waals surface area contributed by atoms with Crippen LogP contribution in [0.1, 0.15) is 11.1 Å². The Kier molecular flexibility index (Phi) is 5.26. The van der Waals surface area contributed by atoms with Crippen LogP contribution in [0.5, 0.6) is 11.5 Å². The number of benzene rings is 1. The summed E-state index contributed by atoms with van der Waals surface area (Å²) in [7, 11) is 3.24. The summed E-state index contributed by atoms with van der Waals surface area (Å²) in [6.07, 6.45) is 0.175. The van der Waals surface area contributed by atoms with Gasteiger partial charge in [0.2, 0.25) is 0 Å². The molecule has 1 atom stereocenters. The summed E-state index contributed by atoms with van der Waals surface area (Å²) in [6.45, 7) is 1.84. The van der Waals surface area contributed by atoms with Gasteiger partial charge in [0.15, 0.2) is 11.5 Å². The lowest BCUT2D eigenvalue weighted by Crippen LogP contribution is -2.38. The SMILES string of the molecule is COc1cc2c(c(Br)c1OC)CCN(CC(O)CO)C2. The zero-order valence-electron chi connectivity index (χ0n) is 11.7. The zero-order chi connectivity index (χ0) is 14.7. The first-order chi connectivity index (χ1) is 9.60. The lowest BCUT2D eigenvalue weighted by Gasteiger charge is -2.31. The van der Waals surface area contributed by atoms with Crippen LogP contribution in [-0.4, -0.2) is 55.1 Å². The monoisotopic (exact) mass is 345 g/mol. The summed E-state index contributed by atoms with van der Waals surface area (Å²) in [5.74, 6) is 1.41. The Balaban J connectivity index is 2.26. The number of methoxy groups -OCH3 is 2. The van der Waals surface area contributed by atoms with Gasteiger partial charge in [-0.05, 0) is 39.5 Å². The lowest BCUT2D eigenvalue weighted by molar-refractivity contribution is 0.0550. The van der Waals surface area contributed by atoms with Crippen LogP contribution in [0.2, 0.25) is 0 Å². The topological polar surface area (TPSA) is 62.2 Å². The van der Waals surface area contributed by atoms with Gasteiger partial charge in [-0.15, -0.1) is 0 Å². The largest absolute Gasteiger partial charge is 0.493 e. The van der Waals surface area contributed by atoms with Crippen molar-refractivity contribution in [3.05, 3.63) is 21.7 Å². The van der Waals surface area contributed by atoms with Crippen LogP contribution in [0.25, 0.3) is 0 Å². The van der Waals surface area contributed by atoms with Crippen LogP contribution in [0, 0.1) is 0 Å². The second-order valence-corrected chi connectivity index (χ2v) is 5.68. The molecule has 1 aromatic rings. The highest BCUT2D eigenvalue weighted by Crippen LogP contribution is 2.41. The Morgan fingerprint density at radius 2 is 2.15 bits per heavy atom. The molecule has 112 valence electrons. The van der Waals surface area contributed by atoms with Crippen molar-refractivity contribution in [2.24, 2.45) is 0 Å². The second-order valence-electron chi connectivity index (χ2n) is 4.89. The molecule has 0 spiro atoms. The molecule has 2 rings (SSSR count). The maximum absolute atomic E-state index is 9.55. The molecule has 1 aliphatic heterocycles. The summed E-state index contributed by atoms with van der Waals surface area (Å²) < 4.78 is 11.7. The number of fused-ring (bicyclic) bond motifs is 1. The molecule has 1 aromatic carbocycles. The van der Waals surface area contributed by atoms with Crippen LogP contribution in [0.4, 0.5) is 0 Å². The van der Waals surface area contributed by atoms with Crippen LogP contribution in [0.3, 0.4) is 0 Å². The number of hydrogen-bond acceptors (Lipinski definition) is 5. The Morgan fingerprint density at radius 3 is 2.75 bits per heavy atom. The molecule has 0 saturated heterocycles. The Hall–Kier alpha value is -0.820. The van der Waals surface area contributed by atoms with Gasteiger partial charge in [-0.3, -0.25) is 4.90 Å². The first kappa shape index (κ1) is 15.6. The van der Waals surface area contributed by atoms with E-state index in [0.29, 0.717) is 12.3 Å². The normalized spacial score (nSPS) is 16.6. The fourth-order valence-electron chi connectivity index (χ4n) is 2.55. The summed E-state index contributed by atoms with van der Waals surface area (Å²) in [4.78, 5) is 2.13. The van der Waals surface area contributed by atoms with Gasteiger partial charge < -0.3 is 19.7 Å². The molecule has 0 fully saturated rings. The second kappa shape index (κ2) is 6.76. The van der Waals surface area contributed by atoms with E-state index in [9.17, 15) is 5.11 Å². The van der Waals surface area contributed by atoms with Gasteiger partial charge in [-0.2, -0.15) is 0 Å². The molecule has 6 heteroatoms. The first-order valence-electron chi connectivity index (χ1n) is 6.54. The number of aliphatic hydroxyl groups excluding tert-OH is 2. The smallest absolute Gasteiger partial charge is 0.175 e. The number of ether oxygens (including phenoxy) is 2. The molecular weight excluding hydrogens is 326 g/mol. The maximum atomic E-state index is 9.55. The van der Waals surface area contributed by atoms with Crippen molar-refractivity contribution in [2.45, 2.75) is 19.1 Å². The summed E-state index contributed by atoms with van der Waals surface area (Å²) >= 11 is 3.59. The standard InChI is InChI=1S/C14H20BrNO4/c1-19-12-5-9-6-16(7-10(18)8-17)4-3-11(9)13(15)14(12)20-2/h5,10,17-18H,3-4,6-8H2,1-2H3. The summed E-state index contributed by atoms with van der Waals surface area (Å²) in [5, 5.41) is 18.5. The molecule has 0 radical (unpaired) electrons. The van der Waals surface area contributed by atoms with Gasteiger partial charge in [-0.25, -0.2) is 0 Å². The van der Waals surface area contributed by atoms with E-state index in [4.69, 9.17) is 14.6 Å². The highest BCUT2D eigenvalue weighted by atomic mass is 79.9. The number of hydrogen-bond donors (Lipinski definition) is 2. The van der Waals surface area contributed by atoms with Crippen LogP contribution in [-0.2, 0) is 13.0 Å². The highest BCUT2D eigenvalue weighted by molar-refractivity contribution is 9.10. The van der Waals surface area contributed by atoms with Crippen molar-refractivity contribution in [2.75, 3.05) is 33.9 Å². The molecule has 0 amide bonds. The van der Waals surface area contributed by atoms with Crippen molar-refractivity contribution < 1.29 is 19.7 Å². The Morgan fingerprint density at radius 1 is 1.40 bits per heavy atom. The van der Waals surface area contributed by atoms with Crippen molar-refractivity contribution in [3.63, 3.8) is 0 Å². The molecule has 0 aromatic heterocycles. The number of β-amino-alcohol motifs (C(OH)–C–C–N with tert-alkyl or cyclic N) is 1. The third-order valence-electron chi connectivity index (χ3n) is 3.56. The van der Waals surface area contributed by atoms with Crippen LogP contribution in [0.15, 0.2) is 10.5 Å². The highest BCUT2D eigenvalue weighted by Gasteiger charge is 2.24. The quantitative estimate of drug-likeness (QED) is 0.838. The maximum Gasteiger partial charge on any atom is 0.175 e.